The highest BCUT2D eigenvalue weighted by Gasteiger charge is 2.24. The highest BCUT2D eigenvalue weighted by molar-refractivity contribution is 8.00. The quantitative estimate of drug-likeness (QED) is 0.291. The molecular weight excluding hydrogens is 458 g/mol. The number of hydrogen-bond acceptors (Lipinski definition) is 7. The van der Waals surface area contributed by atoms with Gasteiger partial charge in [-0.2, -0.15) is 0 Å². The average Bonchev–Trinajstić information content (AvgIpc) is 3.17. The van der Waals surface area contributed by atoms with Crippen molar-refractivity contribution in [2.24, 2.45) is 0 Å². The minimum atomic E-state index is -0.481. The maximum absolute atomic E-state index is 13.5. The van der Waals surface area contributed by atoms with Crippen molar-refractivity contribution in [1.82, 2.24) is 9.55 Å². The molecule has 0 spiro atoms. The van der Waals surface area contributed by atoms with E-state index in [9.17, 15) is 14.4 Å². The Hall–Kier alpha value is -2.49. The number of anilines is 1. The highest BCUT2D eigenvalue weighted by Crippen LogP contribution is 2.35. The van der Waals surface area contributed by atoms with Crippen LogP contribution in [0, 0.1) is 0 Å². The second-order valence-corrected chi connectivity index (χ2v) is 10.5. The van der Waals surface area contributed by atoms with E-state index < -0.39 is 5.25 Å². The zero-order chi connectivity index (χ0) is 23.5. The van der Waals surface area contributed by atoms with Gasteiger partial charge >= 0.3 is 0 Å². The standard InChI is InChI=1S/C24H27N3O4S2/c1-14(28)16-8-10-17(11-9-16)25-21(29)15(2)32-24-26-22-20(23(30)27(24)12-13-31-3)18-6-4-5-7-19(18)33-22/h8-11,15H,4-7,12-13H2,1-3H3,(H,25,29). The average molecular weight is 486 g/mol. The summed E-state index contributed by atoms with van der Waals surface area (Å²) in [6, 6.07) is 6.79. The summed E-state index contributed by atoms with van der Waals surface area (Å²) in [7, 11) is 1.60. The third-order valence-electron chi connectivity index (χ3n) is 5.77. The Morgan fingerprint density at radius 1 is 1.24 bits per heavy atom. The number of thiophene rings is 1. The van der Waals surface area contributed by atoms with Crippen LogP contribution in [0.2, 0.25) is 0 Å². The van der Waals surface area contributed by atoms with Crippen molar-refractivity contribution < 1.29 is 14.3 Å². The first-order valence-corrected chi connectivity index (χ1v) is 12.7. The number of Topliss-reactive ketones (excluding diaryl/α,β-unsaturated/α-hetero) is 1. The fourth-order valence-corrected chi connectivity index (χ4v) is 6.17. The van der Waals surface area contributed by atoms with Gasteiger partial charge in [0.2, 0.25) is 5.91 Å². The summed E-state index contributed by atoms with van der Waals surface area (Å²) < 4.78 is 6.86. The van der Waals surface area contributed by atoms with Gasteiger partial charge in [0.15, 0.2) is 10.9 Å². The minimum Gasteiger partial charge on any atom is -0.383 e. The SMILES string of the molecule is COCCn1c(SC(C)C(=O)Nc2ccc(C(C)=O)cc2)nc2sc3c(c2c1=O)CCCC3. The summed E-state index contributed by atoms with van der Waals surface area (Å²) >= 11 is 2.87. The molecule has 2 heterocycles. The summed E-state index contributed by atoms with van der Waals surface area (Å²) in [6.07, 6.45) is 4.16. The van der Waals surface area contributed by atoms with Crippen LogP contribution in [-0.2, 0) is 28.9 Å². The molecule has 1 aliphatic carbocycles. The van der Waals surface area contributed by atoms with Crippen molar-refractivity contribution in [3.05, 3.63) is 50.6 Å². The molecule has 1 unspecified atom stereocenters. The van der Waals surface area contributed by atoms with E-state index in [0.717, 1.165) is 41.5 Å². The van der Waals surface area contributed by atoms with Crippen molar-refractivity contribution in [2.75, 3.05) is 19.0 Å². The van der Waals surface area contributed by atoms with E-state index >= 15 is 0 Å². The Kier molecular flexibility index (Phi) is 7.31. The molecule has 1 aliphatic rings. The maximum atomic E-state index is 13.5. The van der Waals surface area contributed by atoms with Gasteiger partial charge in [0.1, 0.15) is 4.83 Å². The van der Waals surface area contributed by atoms with Crippen LogP contribution in [0.3, 0.4) is 0 Å². The third-order valence-corrected chi connectivity index (χ3v) is 8.05. The molecule has 174 valence electrons. The minimum absolute atomic E-state index is 0.0254. The monoisotopic (exact) mass is 485 g/mol. The second kappa shape index (κ2) is 10.2. The molecule has 0 radical (unpaired) electrons. The van der Waals surface area contributed by atoms with Crippen molar-refractivity contribution in [3.8, 4) is 0 Å². The number of carbonyl (C=O) groups is 2. The zero-order valence-corrected chi connectivity index (χ0v) is 20.6. The predicted molar refractivity (Wildman–Crippen MR) is 133 cm³/mol. The molecule has 9 heteroatoms. The Morgan fingerprint density at radius 3 is 2.67 bits per heavy atom. The molecule has 3 aromatic rings. The lowest BCUT2D eigenvalue weighted by atomic mass is 9.97. The molecule has 0 saturated heterocycles. The van der Waals surface area contributed by atoms with E-state index in [2.05, 4.69) is 5.32 Å². The van der Waals surface area contributed by atoms with Gasteiger partial charge in [-0.3, -0.25) is 19.0 Å². The number of methoxy groups -OCH3 is 1. The number of ketones is 1. The van der Waals surface area contributed by atoms with Gasteiger partial charge in [0, 0.05) is 23.2 Å². The molecule has 0 bridgehead atoms. The van der Waals surface area contributed by atoms with E-state index in [1.165, 1.54) is 23.6 Å². The van der Waals surface area contributed by atoms with Crippen LogP contribution in [0.15, 0.2) is 34.2 Å². The molecule has 1 amide bonds. The first-order valence-electron chi connectivity index (χ1n) is 11.0. The fourth-order valence-electron chi connectivity index (χ4n) is 3.93. The van der Waals surface area contributed by atoms with Crippen LogP contribution < -0.4 is 10.9 Å². The topological polar surface area (TPSA) is 90.3 Å². The molecule has 0 saturated carbocycles. The Bertz CT molecular complexity index is 1250. The summed E-state index contributed by atoms with van der Waals surface area (Å²) in [6.45, 7) is 4.06. The van der Waals surface area contributed by atoms with Gasteiger partial charge in [-0.25, -0.2) is 4.98 Å². The lowest BCUT2D eigenvalue weighted by molar-refractivity contribution is -0.115. The van der Waals surface area contributed by atoms with E-state index in [4.69, 9.17) is 9.72 Å². The zero-order valence-electron chi connectivity index (χ0n) is 19.0. The molecule has 7 nitrogen and oxygen atoms in total. The van der Waals surface area contributed by atoms with Gasteiger partial charge in [0.25, 0.3) is 5.56 Å². The van der Waals surface area contributed by atoms with Crippen molar-refractivity contribution >= 4 is 50.7 Å². The molecule has 2 aromatic heterocycles. The Morgan fingerprint density at radius 2 is 1.97 bits per heavy atom. The van der Waals surface area contributed by atoms with Gasteiger partial charge in [-0.15, -0.1) is 11.3 Å². The van der Waals surface area contributed by atoms with Gasteiger partial charge in [-0.1, -0.05) is 11.8 Å². The molecule has 1 atom stereocenters. The second-order valence-electron chi connectivity index (χ2n) is 8.12. The number of amides is 1. The molecule has 0 fully saturated rings. The third kappa shape index (κ3) is 5.05. The fraction of sp³-hybridized carbons (Fsp3) is 0.417. The Balaban J connectivity index is 1.60. The predicted octanol–water partition coefficient (Wildman–Crippen LogP) is 4.31. The van der Waals surface area contributed by atoms with Crippen LogP contribution in [0.1, 0.15) is 47.5 Å². The molecular formula is C24H27N3O4S2. The van der Waals surface area contributed by atoms with Gasteiger partial charge in [0.05, 0.1) is 23.8 Å². The number of aryl methyl sites for hydroxylation is 2. The number of thioether (sulfide) groups is 1. The van der Waals surface area contributed by atoms with Crippen LogP contribution in [0.5, 0.6) is 0 Å². The van der Waals surface area contributed by atoms with Gasteiger partial charge < -0.3 is 10.1 Å². The Labute approximate surface area is 200 Å². The summed E-state index contributed by atoms with van der Waals surface area (Å²) in [5.74, 6) is -0.226. The van der Waals surface area contributed by atoms with Crippen LogP contribution in [0.25, 0.3) is 10.2 Å². The number of aromatic nitrogens is 2. The highest BCUT2D eigenvalue weighted by atomic mass is 32.2. The number of ether oxygens (including phenoxy) is 1. The van der Waals surface area contributed by atoms with Crippen LogP contribution in [0.4, 0.5) is 5.69 Å². The van der Waals surface area contributed by atoms with Crippen LogP contribution in [-0.4, -0.2) is 40.2 Å². The lowest BCUT2D eigenvalue weighted by Crippen LogP contribution is -2.28. The molecule has 1 aromatic carbocycles. The number of carbonyl (C=O) groups excluding carboxylic acids is 2. The smallest absolute Gasteiger partial charge is 0.263 e. The largest absolute Gasteiger partial charge is 0.383 e. The number of nitrogens with zero attached hydrogens (tertiary/aromatic N) is 2. The van der Waals surface area contributed by atoms with Gasteiger partial charge in [-0.05, 0) is 69.4 Å². The molecule has 1 N–H and O–H groups in total. The molecule has 0 aliphatic heterocycles. The molecule has 33 heavy (non-hydrogen) atoms. The van der Waals surface area contributed by atoms with Crippen LogP contribution >= 0.6 is 23.1 Å². The summed E-state index contributed by atoms with van der Waals surface area (Å²) in [5, 5.41) is 3.65. The first kappa shape index (κ1) is 23.7. The lowest BCUT2D eigenvalue weighted by Gasteiger charge is -2.16. The van der Waals surface area contributed by atoms with E-state index in [1.54, 1.807) is 54.2 Å². The molecule has 4 rings (SSSR count). The van der Waals surface area contributed by atoms with Crippen molar-refractivity contribution in [2.45, 2.75) is 56.5 Å². The number of hydrogen-bond donors (Lipinski definition) is 1. The van der Waals surface area contributed by atoms with Crippen molar-refractivity contribution in [3.63, 3.8) is 0 Å². The summed E-state index contributed by atoms with van der Waals surface area (Å²) in [5.41, 5.74) is 2.31. The van der Waals surface area contributed by atoms with E-state index in [0.29, 0.717) is 29.6 Å². The number of benzene rings is 1. The van der Waals surface area contributed by atoms with E-state index in [1.807, 2.05) is 0 Å². The number of fused-ring (bicyclic) bond motifs is 3. The number of nitrogens with one attached hydrogen (secondary N) is 1. The first-order chi connectivity index (χ1) is 15.9. The summed E-state index contributed by atoms with van der Waals surface area (Å²) in [4.78, 5) is 44.6. The number of rotatable bonds is 8. The maximum Gasteiger partial charge on any atom is 0.263 e. The van der Waals surface area contributed by atoms with Crippen molar-refractivity contribution in [1.29, 1.82) is 0 Å². The van der Waals surface area contributed by atoms with E-state index in [-0.39, 0.29) is 17.2 Å². The normalized spacial score (nSPS) is 14.2.